The minimum Gasteiger partial charge on any atom is -0.461 e. The third kappa shape index (κ3) is 5.52. The number of nitrogens with zero attached hydrogens (tertiary/aromatic N) is 1. The second-order valence-electron chi connectivity index (χ2n) is 2.39. The summed E-state index contributed by atoms with van der Waals surface area (Å²) in [4.78, 5) is 11.1. The van der Waals surface area contributed by atoms with Crippen molar-refractivity contribution >= 4 is 21.8 Å². The van der Waals surface area contributed by atoms with Crippen LogP contribution in [-0.4, -0.2) is 33.0 Å². The highest BCUT2D eigenvalue weighted by atomic mass is 32.2. The van der Waals surface area contributed by atoms with Gasteiger partial charge in [-0.15, -0.1) is 0 Å². The maximum Gasteiger partial charge on any atom is 0.356 e. The summed E-state index contributed by atoms with van der Waals surface area (Å²) in [6, 6.07) is 0. The molecule has 0 N–H and O–H groups in total. The lowest BCUT2D eigenvalue weighted by Gasteiger charge is -2.01. The first-order valence-corrected chi connectivity index (χ1v) is 5.85. The molecule has 0 heterocycles. The summed E-state index contributed by atoms with van der Waals surface area (Å²) in [7, 11) is -3.67. The fraction of sp³-hybridized carbons (Fsp3) is 0.714. The lowest BCUT2D eigenvalue weighted by atomic mass is 10.3. The van der Waals surface area contributed by atoms with E-state index in [0.29, 0.717) is 0 Å². The van der Waals surface area contributed by atoms with Crippen LogP contribution in [0.3, 0.4) is 0 Å². The predicted molar refractivity (Wildman–Crippen MR) is 50.3 cm³/mol. The summed E-state index contributed by atoms with van der Waals surface area (Å²) in [6.07, 6.45) is 1.09. The van der Waals surface area contributed by atoms with E-state index < -0.39 is 16.1 Å². The van der Waals surface area contributed by atoms with E-state index in [4.69, 9.17) is 0 Å². The summed E-state index contributed by atoms with van der Waals surface area (Å²) in [5.41, 5.74) is -0.0581. The Balaban J connectivity index is 4.48. The third-order valence-corrected chi connectivity index (χ3v) is 1.47. The zero-order valence-corrected chi connectivity index (χ0v) is 9.13. The summed E-state index contributed by atoms with van der Waals surface area (Å²) in [5, 5.41) is 3.19. The number of hydrogen-bond donors (Lipinski definition) is 0. The largest absolute Gasteiger partial charge is 0.461 e. The van der Waals surface area contributed by atoms with Gasteiger partial charge in [-0.2, -0.15) is 8.42 Å². The Bertz CT molecular complexity index is 319. The summed E-state index contributed by atoms with van der Waals surface area (Å²) in [5.74, 6) is -0.668. The van der Waals surface area contributed by atoms with Gasteiger partial charge >= 0.3 is 16.1 Å². The molecular weight excluding hydrogens is 210 g/mol. The molecule has 0 saturated carbocycles. The van der Waals surface area contributed by atoms with Crippen molar-refractivity contribution in [3.63, 3.8) is 0 Å². The van der Waals surface area contributed by atoms with Crippen molar-refractivity contribution in [2.24, 2.45) is 5.16 Å². The topological polar surface area (TPSA) is 82.0 Å². The fourth-order valence-corrected chi connectivity index (χ4v) is 0.799. The number of esters is 1. The Hall–Kier alpha value is -1.11. The van der Waals surface area contributed by atoms with Crippen molar-refractivity contribution < 1.29 is 22.2 Å². The third-order valence-electron chi connectivity index (χ3n) is 1.13. The van der Waals surface area contributed by atoms with E-state index in [9.17, 15) is 13.2 Å². The first-order chi connectivity index (χ1) is 6.40. The standard InChI is InChI=1S/C7H13NO5S/c1-4-6(7(9)12-5-2)8-13-14(3,10)11/h4-5H2,1-3H3/b8-6-. The van der Waals surface area contributed by atoms with Gasteiger partial charge in [0.1, 0.15) is 0 Å². The summed E-state index contributed by atoms with van der Waals surface area (Å²) < 4.78 is 29.8. The average Bonchev–Trinajstić information content (AvgIpc) is 2.03. The van der Waals surface area contributed by atoms with Crippen LogP contribution in [0.2, 0.25) is 0 Å². The van der Waals surface area contributed by atoms with Gasteiger partial charge in [0.25, 0.3) is 0 Å². The lowest BCUT2D eigenvalue weighted by molar-refractivity contribution is -0.135. The molecule has 0 aromatic heterocycles. The van der Waals surface area contributed by atoms with E-state index in [0.717, 1.165) is 6.26 Å². The molecular formula is C7H13NO5S. The van der Waals surface area contributed by atoms with Crippen LogP contribution in [0.25, 0.3) is 0 Å². The highest BCUT2D eigenvalue weighted by molar-refractivity contribution is 7.85. The van der Waals surface area contributed by atoms with Crippen molar-refractivity contribution in [3.05, 3.63) is 0 Å². The van der Waals surface area contributed by atoms with Crippen molar-refractivity contribution in [2.75, 3.05) is 12.9 Å². The normalized spacial score (nSPS) is 12.4. The molecule has 0 aromatic rings. The maximum absolute atomic E-state index is 11.1. The van der Waals surface area contributed by atoms with Gasteiger partial charge in [-0.1, -0.05) is 12.1 Å². The highest BCUT2D eigenvalue weighted by Crippen LogP contribution is 1.95. The van der Waals surface area contributed by atoms with E-state index in [-0.39, 0.29) is 18.7 Å². The van der Waals surface area contributed by atoms with Gasteiger partial charge in [0.15, 0.2) is 5.71 Å². The molecule has 0 rings (SSSR count). The Kier molecular flexibility index (Phi) is 5.14. The molecule has 14 heavy (non-hydrogen) atoms. The number of oxime groups is 1. The van der Waals surface area contributed by atoms with Crippen LogP contribution in [-0.2, 0) is 23.9 Å². The molecule has 0 bridgehead atoms. The molecule has 0 fully saturated rings. The molecule has 7 heteroatoms. The Morgan fingerprint density at radius 2 is 1.93 bits per heavy atom. The first kappa shape index (κ1) is 12.9. The van der Waals surface area contributed by atoms with Gasteiger partial charge in [-0.05, 0) is 13.3 Å². The minimum absolute atomic E-state index is 0.0581. The molecule has 0 aliphatic rings. The second-order valence-corrected chi connectivity index (χ2v) is 3.95. The number of carbonyl (C=O) groups excluding carboxylic acids is 1. The zero-order valence-electron chi connectivity index (χ0n) is 8.31. The number of rotatable bonds is 5. The van der Waals surface area contributed by atoms with Crippen LogP contribution in [0, 0.1) is 0 Å². The van der Waals surface area contributed by atoms with Gasteiger partial charge in [0.2, 0.25) is 0 Å². The highest BCUT2D eigenvalue weighted by Gasteiger charge is 2.12. The van der Waals surface area contributed by atoms with Crippen LogP contribution in [0.15, 0.2) is 5.16 Å². The molecule has 0 aromatic carbocycles. The van der Waals surface area contributed by atoms with Crippen molar-refractivity contribution in [2.45, 2.75) is 20.3 Å². The van der Waals surface area contributed by atoms with Gasteiger partial charge in [-0.3, -0.25) is 4.28 Å². The molecule has 0 radical (unpaired) electrons. The molecule has 0 unspecified atom stereocenters. The smallest absolute Gasteiger partial charge is 0.356 e. The Morgan fingerprint density at radius 3 is 2.29 bits per heavy atom. The van der Waals surface area contributed by atoms with Crippen LogP contribution < -0.4 is 0 Å². The van der Waals surface area contributed by atoms with Gasteiger partial charge in [0, 0.05) is 0 Å². The number of carbonyl (C=O) groups is 1. The maximum atomic E-state index is 11.1. The molecule has 0 aliphatic heterocycles. The Morgan fingerprint density at radius 1 is 1.36 bits per heavy atom. The number of hydrogen-bond acceptors (Lipinski definition) is 6. The van der Waals surface area contributed by atoms with Crippen LogP contribution >= 0.6 is 0 Å². The van der Waals surface area contributed by atoms with E-state index >= 15 is 0 Å². The lowest BCUT2D eigenvalue weighted by Crippen LogP contribution is -2.17. The second kappa shape index (κ2) is 5.58. The predicted octanol–water partition coefficient (Wildman–Crippen LogP) is 0.292. The van der Waals surface area contributed by atoms with Crippen LogP contribution in [0.1, 0.15) is 20.3 Å². The van der Waals surface area contributed by atoms with Crippen molar-refractivity contribution in [1.82, 2.24) is 0 Å². The van der Waals surface area contributed by atoms with E-state index in [1.807, 2.05) is 0 Å². The minimum atomic E-state index is -3.67. The van der Waals surface area contributed by atoms with Crippen molar-refractivity contribution in [3.8, 4) is 0 Å². The molecule has 0 aliphatic carbocycles. The quantitative estimate of drug-likeness (QED) is 0.380. The van der Waals surface area contributed by atoms with E-state index in [2.05, 4.69) is 14.2 Å². The molecule has 0 saturated heterocycles. The van der Waals surface area contributed by atoms with Crippen LogP contribution in [0.5, 0.6) is 0 Å². The SMILES string of the molecule is CCOC(=O)/C(CC)=N\OS(C)(=O)=O. The molecule has 0 atom stereocenters. The molecule has 82 valence electrons. The van der Waals surface area contributed by atoms with Gasteiger partial charge in [0.05, 0.1) is 12.9 Å². The van der Waals surface area contributed by atoms with Gasteiger partial charge in [-0.25, -0.2) is 4.79 Å². The summed E-state index contributed by atoms with van der Waals surface area (Å²) >= 11 is 0. The van der Waals surface area contributed by atoms with E-state index in [1.54, 1.807) is 13.8 Å². The zero-order chi connectivity index (χ0) is 11.2. The molecule has 0 amide bonds. The first-order valence-electron chi connectivity index (χ1n) is 4.03. The monoisotopic (exact) mass is 223 g/mol. The van der Waals surface area contributed by atoms with Gasteiger partial charge < -0.3 is 4.74 Å². The average molecular weight is 223 g/mol. The molecule has 6 nitrogen and oxygen atoms in total. The van der Waals surface area contributed by atoms with E-state index in [1.165, 1.54) is 0 Å². The summed E-state index contributed by atoms with van der Waals surface area (Å²) in [6.45, 7) is 3.49. The number of ether oxygens (including phenoxy) is 1. The fourth-order valence-electron chi connectivity index (χ4n) is 0.573. The molecule has 0 spiro atoms. The van der Waals surface area contributed by atoms with Crippen molar-refractivity contribution in [1.29, 1.82) is 0 Å². The van der Waals surface area contributed by atoms with Crippen LogP contribution in [0.4, 0.5) is 0 Å². The Labute approximate surface area is 83.0 Å².